The van der Waals surface area contributed by atoms with Crippen LogP contribution in [0, 0.1) is 0 Å². The minimum absolute atomic E-state index is 0.899. The molecule has 2 heterocycles. The van der Waals surface area contributed by atoms with Crippen molar-refractivity contribution >= 4 is 74.2 Å². The fourth-order valence-corrected chi connectivity index (χ4v) is 9.07. The molecule has 0 N–H and O–H groups in total. The molecule has 2 aromatic heterocycles. The Kier molecular flexibility index (Phi) is 7.82. The first kappa shape index (κ1) is 33.0. The van der Waals surface area contributed by atoms with Crippen molar-refractivity contribution in [3.05, 3.63) is 182 Å². The summed E-state index contributed by atoms with van der Waals surface area (Å²) < 4.78 is 12.6. The van der Waals surface area contributed by atoms with Crippen LogP contribution >= 0.6 is 0 Å². The number of para-hydroxylation sites is 3. The molecule has 0 saturated carbocycles. The summed E-state index contributed by atoms with van der Waals surface area (Å²) in [5, 5.41) is 5.99. The van der Waals surface area contributed by atoms with Gasteiger partial charge in [0.1, 0.15) is 22.3 Å². The highest BCUT2D eigenvalue weighted by Gasteiger charge is 2.18. The van der Waals surface area contributed by atoms with Crippen molar-refractivity contribution in [2.75, 3.05) is 4.90 Å². The number of furan rings is 2. The van der Waals surface area contributed by atoms with E-state index in [-0.39, 0.29) is 0 Å². The third kappa shape index (κ3) is 5.92. The second-order valence-corrected chi connectivity index (χ2v) is 20.5. The van der Waals surface area contributed by atoms with Crippen LogP contribution in [0.1, 0.15) is 0 Å². The van der Waals surface area contributed by atoms with E-state index in [0.29, 0.717) is 0 Å². The molecule has 4 heteroatoms. The third-order valence-electron chi connectivity index (χ3n) is 10.9. The fourth-order valence-electron chi connectivity index (χ4n) is 7.91. The lowest BCUT2D eigenvalue weighted by Crippen LogP contribution is -2.37. The molecular weight excluding hydrogens is 687 g/mol. The number of anilines is 3. The van der Waals surface area contributed by atoms with E-state index in [1.807, 2.05) is 24.3 Å². The smallest absolute Gasteiger partial charge is 0.143 e. The zero-order valence-electron chi connectivity index (χ0n) is 31.1. The Labute approximate surface area is 321 Å². The number of fused-ring (bicyclic) bond motifs is 6. The van der Waals surface area contributed by atoms with Gasteiger partial charge in [0, 0.05) is 44.2 Å². The second-order valence-electron chi connectivity index (χ2n) is 15.4. The minimum Gasteiger partial charge on any atom is -0.456 e. The Morgan fingerprint density at radius 2 is 0.891 bits per heavy atom. The van der Waals surface area contributed by atoms with E-state index in [1.165, 1.54) is 16.3 Å². The maximum atomic E-state index is 6.41. The summed E-state index contributed by atoms with van der Waals surface area (Å²) >= 11 is 0. The van der Waals surface area contributed by atoms with Crippen LogP contribution < -0.4 is 10.1 Å². The predicted molar refractivity (Wildman–Crippen MR) is 235 cm³/mol. The quantitative estimate of drug-likeness (QED) is 0.153. The molecule has 3 nitrogen and oxygen atoms in total. The maximum absolute atomic E-state index is 6.41. The van der Waals surface area contributed by atoms with Crippen LogP contribution in [-0.2, 0) is 0 Å². The van der Waals surface area contributed by atoms with E-state index in [1.54, 1.807) is 0 Å². The van der Waals surface area contributed by atoms with Gasteiger partial charge in [-0.05, 0) is 88.5 Å². The average molecular weight is 726 g/mol. The predicted octanol–water partition coefficient (Wildman–Crippen LogP) is 14.5. The normalized spacial score (nSPS) is 11.9. The molecule has 264 valence electrons. The summed E-state index contributed by atoms with van der Waals surface area (Å²) in [7, 11) is -1.37. The molecule has 0 aliphatic rings. The van der Waals surface area contributed by atoms with Gasteiger partial charge in [-0.25, -0.2) is 0 Å². The summed E-state index contributed by atoms with van der Waals surface area (Å²) in [4.78, 5) is 2.35. The van der Waals surface area contributed by atoms with Crippen LogP contribution in [0.5, 0.6) is 0 Å². The summed E-state index contributed by atoms with van der Waals surface area (Å²) in [6, 6.07) is 65.2. The molecule has 0 aliphatic carbocycles. The van der Waals surface area contributed by atoms with Crippen LogP contribution in [0.4, 0.5) is 17.1 Å². The van der Waals surface area contributed by atoms with Gasteiger partial charge in [0.25, 0.3) is 0 Å². The summed E-state index contributed by atoms with van der Waals surface area (Å²) in [5.74, 6) is 0. The first-order chi connectivity index (χ1) is 26.9. The lowest BCUT2D eigenvalue weighted by Gasteiger charge is -2.26. The Morgan fingerprint density at radius 3 is 1.58 bits per heavy atom. The lowest BCUT2D eigenvalue weighted by molar-refractivity contribution is 0.669. The molecule has 0 saturated heterocycles. The van der Waals surface area contributed by atoms with Gasteiger partial charge in [0.2, 0.25) is 0 Å². The molecule has 0 unspecified atom stereocenters. The Balaban J connectivity index is 1.06. The van der Waals surface area contributed by atoms with Gasteiger partial charge in [0.05, 0.1) is 8.07 Å². The molecule has 0 spiro atoms. The van der Waals surface area contributed by atoms with Gasteiger partial charge in [-0.1, -0.05) is 146 Å². The van der Waals surface area contributed by atoms with Crippen LogP contribution in [0.3, 0.4) is 0 Å². The van der Waals surface area contributed by atoms with E-state index >= 15 is 0 Å². The van der Waals surface area contributed by atoms with Crippen molar-refractivity contribution < 1.29 is 8.83 Å². The Hall–Kier alpha value is -6.62. The molecule has 0 aliphatic heterocycles. The van der Waals surface area contributed by atoms with E-state index in [4.69, 9.17) is 8.83 Å². The van der Waals surface area contributed by atoms with E-state index in [2.05, 4.69) is 182 Å². The van der Waals surface area contributed by atoms with Crippen molar-refractivity contribution in [3.63, 3.8) is 0 Å². The zero-order valence-corrected chi connectivity index (χ0v) is 32.1. The van der Waals surface area contributed by atoms with Crippen LogP contribution in [-0.4, -0.2) is 8.07 Å². The Morgan fingerprint density at radius 1 is 0.364 bits per heavy atom. The highest BCUT2D eigenvalue weighted by atomic mass is 28.3. The number of hydrogen-bond acceptors (Lipinski definition) is 3. The van der Waals surface area contributed by atoms with Gasteiger partial charge in [-0.15, -0.1) is 0 Å². The van der Waals surface area contributed by atoms with E-state index in [0.717, 1.165) is 83.2 Å². The van der Waals surface area contributed by atoms with Gasteiger partial charge in [0.15, 0.2) is 0 Å². The molecule has 55 heavy (non-hydrogen) atoms. The molecule has 0 bridgehead atoms. The van der Waals surface area contributed by atoms with Crippen molar-refractivity contribution in [1.82, 2.24) is 0 Å². The molecule has 0 radical (unpaired) electrons. The first-order valence-corrected chi connectivity index (χ1v) is 22.4. The second kappa shape index (κ2) is 13.0. The molecular formula is C51H39NO2Si. The van der Waals surface area contributed by atoms with Crippen molar-refractivity contribution in [2.45, 2.75) is 19.6 Å². The van der Waals surface area contributed by atoms with Crippen molar-refractivity contribution in [1.29, 1.82) is 0 Å². The molecule has 8 aromatic carbocycles. The molecule has 10 aromatic rings. The standard InChI is InChI=1S/C51H39NO2Si/c1-55(2,3)42-29-22-35(23-30-42)34-18-25-39(26-19-34)52(40-27-20-36(21-28-40)43-14-9-15-46-44-12-4-7-17-49(44)54-51(43)46)41-11-8-10-37(32-41)38-24-31-50-47(33-38)45-13-5-6-16-48(45)53-50/h4-33H,1-3H3. The highest BCUT2D eigenvalue weighted by molar-refractivity contribution is 6.88. The zero-order chi connectivity index (χ0) is 37.1. The number of rotatable bonds is 7. The summed E-state index contributed by atoms with van der Waals surface area (Å²) in [6.45, 7) is 7.18. The van der Waals surface area contributed by atoms with Gasteiger partial charge in [-0.3, -0.25) is 0 Å². The molecule has 0 atom stereocenters. The monoisotopic (exact) mass is 725 g/mol. The van der Waals surface area contributed by atoms with Crippen LogP contribution in [0.2, 0.25) is 19.6 Å². The SMILES string of the molecule is C[Si](C)(C)c1ccc(-c2ccc(N(c3ccc(-c4cccc5c4oc4ccccc45)cc3)c3cccc(-c4ccc5oc6ccccc6c5c4)c3)cc2)cc1. The lowest BCUT2D eigenvalue weighted by atomic mass is 10.0. The topological polar surface area (TPSA) is 29.5 Å². The highest BCUT2D eigenvalue weighted by Crippen LogP contribution is 2.41. The van der Waals surface area contributed by atoms with E-state index in [9.17, 15) is 0 Å². The largest absolute Gasteiger partial charge is 0.456 e. The minimum atomic E-state index is -1.37. The van der Waals surface area contributed by atoms with Crippen LogP contribution in [0.15, 0.2) is 191 Å². The van der Waals surface area contributed by atoms with Crippen LogP contribution in [0.25, 0.3) is 77.3 Å². The number of nitrogens with zero attached hydrogens (tertiary/aromatic N) is 1. The molecule has 10 rings (SSSR count). The van der Waals surface area contributed by atoms with Crippen molar-refractivity contribution in [3.8, 4) is 33.4 Å². The maximum Gasteiger partial charge on any atom is 0.143 e. The van der Waals surface area contributed by atoms with Gasteiger partial charge >= 0.3 is 0 Å². The average Bonchev–Trinajstić information content (AvgIpc) is 3.80. The van der Waals surface area contributed by atoms with Gasteiger partial charge in [-0.2, -0.15) is 0 Å². The Bertz CT molecular complexity index is 3000. The third-order valence-corrected chi connectivity index (χ3v) is 12.9. The summed E-state index contributed by atoms with van der Waals surface area (Å²) in [6.07, 6.45) is 0. The molecule has 0 fully saturated rings. The fraction of sp³-hybridized carbons (Fsp3) is 0.0588. The summed E-state index contributed by atoms with van der Waals surface area (Å²) in [5.41, 5.74) is 13.8. The van der Waals surface area contributed by atoms with Crippen molar-refractivity contribution in [2.24, 2.45) is 0 Å². The number of hydrogen-bond donors (Lipinski definition) is 0. The van der Waals surface area contributed by atoms with Gasteiger partial charge < -0.3 is 13.7 Å². The number of benzene rings is 8. The first-order valence-electron chi connectivity index (χ1n) is 18.9. The van der Waals surface area contributed by atoms with E-state index < -0.39 is 8.07 Å². The molecule has 0 amide bonds.